The average molecular weight is 232 g/mol. The number of hydrogen-bond donors (Lipinski definition) is 2. The normalized spacial score (nSPS) is 10.2. The van der Waals surface area contributed by atoms with Gasteiger partial charge in [-0.1, -0.05) is 0 Å². The smallest absolute Gasteiger partial charge is 0.127 e. The topological polar surface area (TPSA) is 63.8 Å². The average Bonchev–Trinajstić information content (AvgIpc) is 2.27. The number of rotatable bonds is 3. The predicted molar refractivity (Wildman–Crippen MR) is 64.9 cm³/mol. The van der Waals surface area contributed by atoms with Crippen LogP contribution in [0.1, 0.15) is 11.4 Å². The summed E-state index contributed by atoms with van der Waals surface area (Å²) < 4.78 is 13.1. The zero-order chi connectivity index (χ0) is 12.3. The summed E-state index contributed by atoms with van der Waals surface area (Å²) in [5.41, 5.74) is 8.22. The van der Waals surface area contributed by atoms with Gasteiger partial charge in [0.2, 0.25) is 0 Å². The third-order valence-electron chi connectivity index (χ3n) is 2.23. The van der Waals surface area contributed by atoms with Crippen LogP contribution in [0.15, 0.2) is 30.6 Å². The molecule has 3 N–H and O–H groups in total. The number of hydrogen-bond acceptors (Lipinski definition) is 4. The Labute approximate surface area is 98.7 Å². The molecule has 1 aromatic carbocycles. The van der Waals surface area contributed by atoms with Crippen LogP contribution in [0.5, 0.6) is 0 Å². The quantitative estimate of drug-likeness (QED) is 0.795. The van der Waals surface area contributed by atoms with Crippen LogP contribution in [-0.4, -0.2) is 9.97 Å². The van der Waals surface area contributed by atoms with Crippen molar-refractivity contribution in [3.63, 3.8) is 0 Å². The Morgan fingerprint density at radius 2 is 2.06 bits per heavy atom. The highest BCUT2D eigenvalue weighted by molar-refractivity contribution is 5.54. The molecule has 0 saturated carbocycles. The molecule has 0 aliphatic rings. The van der Waals surface area contributed by atoms with Crippen LogP contribution in [0.2, 0.25) is 0 Å². The molecule has 1 heterocycles. The highest BCUT2D eigenvalue weighted by Crippen LogP contribution is 2.15. The zero-order valence-electron chi connectivity index (χ0n) is 9.44. The lowest BCUT2D eigenvalue weighted by Gasteiger charge is -2.07. The van der Waals surface area contributed by atoms with E-state index in [4.69, 9.17) is 5.73 Å². The maximum atomic E-state index is 13.1. The van der Waals surface area contributed by atoms with Crippen molar-refractivity contribution in [2.75, 3.05) is 11.1 Å². The molecule has 0 radical (unpaired) electrons. The third kappa shape index (κ3) is 3.14. The Bertz CT molecular complexity index is 490. The van der Waals surface area contributed by atoms with Crippen LogP contribution >= 0.6 is 0 Å². The molecule has 88 valence electrons. The fourth-order valence-electron chi connectivity index (χ4n) is 1.42. The van der Waals surface area contributed by atoms with Gasteiger partial charge in [-0.3, -0.25) is 9.97 Å². The Balaban J connectivity index is 2.04. The Kier molecular flexibility index (Phi) is 3.18. The van der Waals surface area contributed by atoms with Crippen molar-refractivity contribution >= 4 is 11.4 Å². The summed E-state index contributed by atoms with van der Waals surface area (Å²) in [5.74, 6) is -0.359. The maximum absolute atomic E-state index is 13.1. The van der Waals surface area contributed by atoms with E-state index in [9.17, 15) is 4.39 Å². The van der Waals surface area contributed by atoms with E-state index in [1.165, 1.54) is 12.1 Å². The SMILES string of the molecule is Cc1cnc(CNc2cc(N)cc(F)c2)cn1. The molecule has 0 atom stereocenters. The number of anilines is 2. The number of nitrogen functional groups attached to an aromatic ring is 1. The van der Waals surface area contributed by atoms with Crippen molar-refractivity contribution in [3.8, 4) is 0 Å². The van der Waals surface area contributed by atoms with Gasteiger partial charge in [0.05, 0.1) is 24.1 Å². The van der Waals surface area contributed by atoms with Crippen molar-refractivity contribution in [2.24, 2.45) is 0 Å². The van der Waals surface area contributed by atoms with E-state index >= 15 is 0 Å². The molecule has 0 bridgehead atoms. The highest BCUT2D eigenvalue weighted by atomic mass is 19.1. The molecule has 4 nitrogen and oxygen atoms in total. The molecule has 0 unspecified atom stereocenters. The number of aryl methyl sites for hydroxylation is 1. The fourth-order valence-corrected chi connectivity index (χ4v) is 1.42. The lowest BCUT2D eigenvalue weighted by molar-refractivity contribution is 0.629. The molecule has 2 aromatic rings. The predicted octanol–water partition coefficient (Wildman–Crippen LogP) is 2.12. The van der Waals surface area contributed by atoms with Crippen LogP contribution in [-0.2, 0) is 6.54 Å². The van der Waals surface area contributed by atoms with Crippen LogP contribution in [0.25, 0.3) is 0 Å². The van der Waals surface area contributed by atoms with E-state index in [1.54, 1.807) is 18.5 Å². The first kappa shape index (κ1) is 11.3. The molecule has 0 aliphatic carbocycles. The summed E-state index contributed by atoms with van der Waals surface area (Å²) in [5, 5.41) is 3.04. The minimum absolute atomic E-state index is 0.359. The number of nitrogens with one attached hydrogen (secondary N) is 1. The molecular weight excluding hydrogens is 219 g/mol. The second-order valence-electron chi connectivity index (χ2n) is 3.78. The molecule has 0 aliphatic heterocycles. The molecule has 2 rings (SSSR count). The number of halogens is 1. The lowest BCUT2D eigenvalue weighted by atomic mass is 10.2. The van der Waals surface area contributed by atoms with Gasteiger partial charge in [0, 0.05) is 17.6 Å². The Morgan fingerprint density at radius 3 is 2.71 bits per heavy atom. The summed E-state index contributed by atoms with van der Waals surface area (Å²) >= 11 is 0. The van der Waals surface area contributed by atoms with Crippen molar-refractivity contribution in [2.45, 2.75) is 13.5 Å². The number of nitrogens with zero attached hydrogens (tertiary/aromatic N) is 2. The Hall–Kier alpha value is -2.17. The standard InChI is InChI=1S/C12H13FN4/c1-8-5-16-12(6-15-8)7-17-11-3-9(13)2-10(14)4-11/h2-6,17H,7,14H2,1H3. The van der Waals surface area contributed by atoms with Gasteiger partial charge in [-0.2, -0.15) is 0 Å². The van der Waals surface area contributed by atoms with Crippen LogP contribution in [0.3, 0.4) is 0 Å². The summed E-state index contributed by atoms with van der Waals surface area (Å²) in [6.07, 6.45) is 3.38. The molecular formula is C12H13FN4. The van der Waals surface area contributed by atoms with Gasteiger partial charge in [-0.25, -0.2) is 4.39 Å². The van der Waals surface area contributed by atoms with Crippen molar-refractivity contribution < 1.29 is 4.39 Å². The first-order valence-corrected chi connectivity index (χ1v) is 5.21. The lowest BCUT2D eigenvalue weighted by Crippen LogP contribution is -2.03. The summed E-state index contributed by atoms with van der Waals surface area (Å²) in [6.45, 7) is 2.35. The van der Waals surface area contributed by atoms with Gasteiger partial charge >= 0.3 is 0 Å². The van der Waals surface area contributed by atoms with E-state index in [0.717, 1.165) is 11.4 Å². The van der Waals surface area contributed by atoms with Crippen LogP contribution < -0.4 is 11.1 Å². The van der Waals surface area contributed by atoms with Gasteiger partial charge in [-0.15, -0.1) is 0 Å². The molecule has 17 heavy (non-hydrogen) atoms. The molecule has 5 heteroatoms. The van der Waals surface area contributed by atoms with Crippen molar-refractivity contribution in [3.05, 3.63) is 47.8 Å². The van der Waals surface area contributed by atoms with Gasteiger partial charge < -0.3 is 11.1 Å². The van der Waals surface area contributed by atoms with E-state index in [-0.39, 0.29) is 5.82 Å². The number of nitrogens with two attached hydrogens (primary N) is 1. The van der Waals surface area contributed by atoms with E-state index < -0.39 is 0 Å². The largest absolute Gasteiger partial charge is 0.399 e. The summed E-state index contributed by atoms with van der Waals surface area (Å²) in [6, 6.07) is 4.33. The number of benzene rings is 1. The second-order valence-corrected chi connectivity index (χ2v) is 3.78. The minimum Gasteiger partial charge on any atom is -0.399 e. The molecule has 0 fully saturated rings. The molecule has 1 aromatic heterocycles. The monoisotopic (exact) mass is 232 g/mol. The van der Waals surface area contributed by atoms with Gasteiger partial charge in [-0.05, 0) is 25.1 Å². The molecule has 0 spiro atoms. The van der Waals surface area contributed by atoms with E-state index in [0.29, 0.717) is 17.9 Å². The summed E-state index contributed by atoms with van der Waals surface area (Å²) in [4.78, 5) is 8.31. The zero-order valence-corrected chi connectivity index (χ0v) is 9.44. The van der Waals surface area contributed by atoms with Gasteiger partial charge in [0.1, 0.15) is 5.82 Å². The van der Waals surface area contributed by atoms with E-state index in [1.807, 2.05) is 6.92 Å². The van der Waals surface area contributed by atoms with Crippen molar-refractivity contribution in [1.29, 1.82) is 0 Å². The first-order valence-electron chi connectivity index (χ1n) is 5.21. The van der Waals surface area contributed by atoms with Crippen LogP contribution in [0.4, 0.5) is 15.8 Å². The highest BCUT2D eigenvalue weighted by Gasteiger charge is 1.99. The maximum Gasteiger partial charge on any atom is 0.127 e. The Morgan fingerprint density at radius 1 is 1.24 bits per heavy atom. The van der Waals surface area contributed by atoms with Crippen LogP contribution in [0, 0.1) is 12.7 Å². The van der Waals surface area contributed by atoms with E-state index in [2.05, 4.69) is 15.3 Å². The fraction of sp³-hybridized carbons (Fsp3) is 0.167. The second kappa shape index (κ2) is 4.78. The molecule has 0 saturated heterocycles. The minimum atomic E-state index is -0.359. The first-order chi connectivity index (χ1) is 8.13. The molecule has 0 amide bonds. The van der Waals surface area contributed by atoms with Gasteiger partial charge in [0.25, 0.3) is 0 Å². The van der Waals surface area contributed by atoms with Crippen molar-refractivity contribution in [1.82, 2.24) is 9.97 Å². The third-order valence-corrected chi connectivity index (χ3v) is 2.23. The summed E-state index contributed by atoms with van der Waals surface area (Å²) in [7, 11) is 0. The number of aromatic nitrogens is 2. The van der Waals surface area contributed by atoms with Gasteiger partial charge in [0.15, 0.2) is 0 Å².